The molecule has 0 radical (unpaired) electrons. The Morgan fingerprint density at radius 1 is 1.22 bits per heavy atom. The largest absolute Gasteiger partial charge is 0.456 e. The minimum Gasteiger partial charge on any atom is -0.456 e. The molecule has 0 aromatic carbocycles. The second-order valence-electron chi connectivity index (χ2n) is 8.93. The molecule has 1 saturated heterocycles. The van der Waals surface area contributed by atoms with Gasteiger partial charge in [-0.2, -0.15) is 4.68 Å². The number of hydrogen-bond donors (Lipinski definition) is 1. The fourth-order valence-electron chi connectivity index (χ4n) is 5.17. The molecular formula is C21H26N8O3. The zero-order valence-electron chi connectivity index (χ0n) is 18.2. The zero-order valence-corrected chi connectivity index (χ0v) is 18.2. The van der Waals surface area contributed by atoms with Crippen LogP contribution in [0.5, 0.6) is 0 Å². The summed E-state index contributed by atoms with van der Waals surface area (Å²) in [4.78, 5) is 35.8. The van der Waals surface area contributed by atoms with Gasteiger partial charge in [-0.1, -0.05) is 0 Å². The van der Waals surface area contributed by atoms with E-state index in [1.807, 2.05) is 4.90 Å². The number of ether oxygens (including phenoxy) is 1. The van der Waals surface area contributed by atoms with Gasteiger partial charge >= 0.3 is 5.97 Å². The molecule has 2 aromatic rings. The summed E-state index contributed by atoms with van der Waals surface area (Å²) >= 11 is 0. The number of cyclic esters (lactones) is 1. The van der Waals surface area contributed by atoms with Gasteiger partial charge in [-0.15, -0.1) is 5.10 Å². The summed E-state index contributed by atoms with van der Waals surface area (Å²) in [5.41, 5.74) is 1.81. The lowest BCUT2D eigenvalue weighted by atomic mass is 9.70. The lowest BCUT2D eigenvalue weighted by Crippen LogP contribution is -2.42. The van der Waals surface area contributed by atoms with Crippen LogP contribution >= 0.6 is 0 Å². The van der Waals surface area contributed by atoms with E-state index < -0.39 is 0 Å². The fourth-order valence-corrected chi connectivity index (χ4v) is 5.17. The maximum Gasteiger partial charge on any atom is 0.336 e. The van der Waals surface area contributed by atoms with Crippen LogP contribution in [-0.4, -0.2) is 65.6 Å². The van der Waals surface area contributed by atoms with Crippen molar-refractivity contribution in [1.29, 1.82) is 0 Å². The summed E-state index contributed by atoms with van der Waals surface area (Å²) in [5, 5.41) is 14.5. The van der Waals surface area contributed by atoms with Crippen molar-refractivity contribution in [1.82, 2.24) is 40.4 Å². The molecule has 3 aliphatic rings. The smallest absolute Gasteiger partial charge is 0.336 e. The normalized spacial score (nSPS) is 28.1. The van der Waals surface area contributed by atoms with Gasteiger partial charge in [0.25, 0.3) is 0 Å². The van der Waals surface area contributed by atoms with E-state index in [-0.39, 0.29) is 29.9 Å². The minimum atomic E-state index is -0.330. The molecule has 11 nitrogen and oxygen atoms in total. The minimum absolute atomic E-state index is 0.0837. The van der Waals surface area contributed by atoms with Gasteiger partial charge < -0.3 is 15.0 Å². The maximum absolute atomic E-state index is 13.4. The SMILES string of the molecule is CC1=C(N2C(=O)C3(CCC(NCc4cnc(-n5cnnn5)cn4)CC3)C[C@@H]2C)COC1=O. The van der Waals surface area contributed by atoms with E-state index in [1.165, 1.54) is 11.0 Å². The van der Waals surface area contributed by atoms with Crippen LogP contribution in [0.15, 0.2) is 30.0 Å². The predicted molar refractivity (Wildman–Crippen MR) is 111 cm³/mol. The quantitative estimate of drug-likeness (QED) is 0.678. The number of hydrogen-bond acceptors (Lipinski definition) is 9. The van der Waals surface area contributed by atoms with Crippen molar-refractivity contribution < 1.29 is 14.3 Å². The van der Waals surface area contributed by atoms with Crippen molar-refractivity contribution in [2.24, 2.45) is 5.41 Å². The van der Waals surface area contributed by atoms with Crippen LogP contribution in [0.4, 0.5) is 0 Å². The van der Waals surface area contributed by atoms with E-state index >= 15 is 0 Å². The molecule has 0 bridgehead atoms. The van der Waals surface area contributed by atoms with E-state index in [0.717, 1.165) is 43.5 Å². The highest BCUT2D eigenvalue weighted by Gasteiger charge is 2.53. The highest BCUT2D eigenvalue weighted by atomic mass is 16.5. The van der Waals surface area contributed by atoms with Crippen molar-refractivity contribution in [3.63, 3.8) is 0 Å². The standard InChI is InChI=1S/C21H26N8O3/c1-13-7-21(20(31)29(13)17-11-32-19(30)14(17)2)5-3-15(4-6-21)22-8-16-9-24-18(10-23-16)28-12-25-26-27-28/h9-10,12-13,15,22H,3-8,11H2,1-2H3/t13-,15?,21?/m0/s1. The first-order valence-electron chi connectivity index (χ1n) is 10.9. The molecule has 1 atom stereocenters. The number of rotatable bonds is 5. The molecule has 5 rings (SSSR count). The molecule has 0 unspecified atom stereocenters. The monoisotopic (exact) mass is 438 g/mol. The third-order valence-electron chi connectivity index (χ3n) is 6.96. The van der Waals surface area contributed by atoms with Crippen molar-refractivity contribution in [2.45, 2.75) is 64.6 Å². The molecule has 2 fully saturated rings. The molecule has 11 heteroatoms. The van der Waals surface area contributed by atoms with E-state index in [9.17, 15) is 9.59 Å². The van der Waals surface area contributed by atoms with Crippen molar-refractivity contribution in [3.05, 3.63) is 35.7 Å². The van der Waals surface area contributed by atoms with Gasteiger partial charge in [0.2, 0.25) is 5.91 Å². The van der Waals surface area contributed by atoms with Crippen LogP contribution in [0.1, 0.15) is 51.6 Å². The third-order valence-corrected chi connectivity index (χ3v) is 6.96. The Morgan fingerprint density at radius 2 is 2.03 bits per heavy atom. The molecular weight excluding hydrogens is 412 g/mol. The topological polar surface area (TPSA) is 128 Å². The zero-order chi connectivity index (χ0) is 22.3. The van der Waals surface area contributed by atoms with Crippen molar-refractivity contribution in [2.75, 3.05) is 6.61 Å². The number of aromatic nitrogens is 6. The number of tetrazole rings is 1. The van der Waals surface area contributed by atoms with Gasteiger partial charge in [0.05, 0.1) is 34.8 Å². The van der Waals surface area contributed by atoms with Gasteiger partial charge in [-0.25, -0.2) is 9.78 Å². The van der Waals surface area contributed by atoms with Crippen LogP contribution in [0, 0.1) is 5.41 Å². The predicted octanol–water partition coefficient (Wildman–Crippen LogP) is 0.922. The summed E-state index contributed by atoms with van der Waals surface area (Å²) in [6.45, 7) is 4.63. The molecule has 168 valence electrons. The molecule has 1 saturated carbocycles. The van der Waals surface area contributed by atoms with Gasteiger partial charge in [-0.05, 0) is 56.4 Å². The van der Waals surface area contributed by atoms with Crippen molar-refractivity contribution >= 4 is 11.9 Å². The first-order valence-corrected chi connectivity index (χ1v) is 10.9. The Bertz CT molecular complexity index is 1040. The van der Waals surface area contributed by atoms with Gasteiger partial charge in [-0.3, -0.25) is 9.78 Å². The number of carbonyl (C=O) groups is 2. The van der Waals surface area contributed by atoms with Crippen LogP contribution < -0.4 is 5.32 Å². The van der Waals surface area contributed by atoms with Crippen LogP contribution in [-0.2, 0) is 20.9 Å². The number of carbonyl (C=O) groups excluding carboxylic acids is 2. The second kappa shape index (κ2) is 8.05. The molecule has 1 aliphatic carbocycles. The Kier molecular flexibility index (Phi) is 5.20. The van der Waals surface area contributed by atoms with Crippen molar-refractivity contribution in [3.8, 4) is 5.82 Å². The molecule has 1 amide bonds. The van der Waals surface area contributed by atoms with E-state index in [2.05, 4.69) is 37.7 Å². The average molecular weight is 438 g/mol. The Morgan fingerprint density at radius 3 is 2.66 bits per heavy atom. The summed E-state index contributed by atoms with van der Waals surface area (Å²) in [6.07, 6.45) is 9.20. The highest BCUT2D eigenvalue weighted by molar-refractivity contribution is 5.94. The first-order chi connectivity index (χ1) is 15.5. The van der Waals surface area contributed by atoms with Crippen LogP contribution in [0.2, 0.25) is 0 Å². The molecule has 1 N–H and O–H groups in total. The molecule has 2 aromatic heterocycles. The van der Waals surface area contributed by atoms with Gasteiger partial charge in [0, 0.05) is 18.6 Å². The highest BCUT2D eigenvalue weighted by Crippen LogP contribution is 2.49. The number of nitrogens with one attached hydrogen (secondary N) is 1. The summed E-state index contributed by atoms with van der Waals surface area (Å²) < 4.78 is 6.60. The average Bonchev–Trinajstić information content (AvgIpc) is 3.50. The number of esters is 1. The Labute approximate surface area is 185 Å². The summed E-state index contributed by atoms with van der Waals surface area (Å²) in [5.74, 6) is 0.402. The number of likely N-dealkylation sites (tertiary alicyclic amines) is 1. The molecule has 1 spiro atoms. The van der Waals surface area contributed by atoms with E-state index in [1.54, 1.807) is 19.3 Å². The summed E-state index contributed by atoms with van der Waals surface area (Å²) in [7, 11) is 0. The fraction of sp³-hybridized carbons (Fsp3) is 0.571. The lowest BCUT2D eigenvalue weighted by Gasteiger charge is -2.36. The Hall–Kier alpha value is -3.21. The summed E-state index contributed by atoms with van der Waals surface area (Å²) in [6, 6.07) is 0.413. The first kappa shape index (κ1) is 20.7. The Balaban J connectivity index is 1.17. The maximum atomic E-state index is 13.4. The lowest BCUT2D eigenvalue weighted by molar-refractivity contribution is -0.138. The van der Waals surface area contributed by atoms with Crippen LogP contribution in [0.25, 0.3) is 5.82 Å². The second-order valence-corrected chi connectivity index (χ2v) is 8.93. The number of nitrogens with zero attached hydrogens (tertiary/aromatic N) is 7. The molecule has 4 heterocycles. The van der Waals surface area contributed by atoms with E-state index in [4.69, 9.17) is 4.74 Å². The van der Waals surface area contributed by atoms with Crippen LogP contribution in [0.3, 0.4) is 0 Å². The van der Waals surface area contributed by atoms with Gasteiger partial charge in [0.1, 0.15) is 12.9 Å². The number of amides is 1. The third kappa shape index (κ3) is 3.56. The van der Waals surface area contributed by atoms with Gasteiger partial charge in [0.15, 0.2) is 5.82 Å². The molecule has 2 aliphatic heterocycles. The van der Waals surface area contributed by atoms with E-state index in [0.29, 0.717) is 24.0 Å². The molecule has 32 heavy (non-hydrogen) atoms.